The normalized spacial score (nSPS) is 13.4. The molecule has 2 heterocycles. The number of carbonyl (C=O) groups excluding carboxylic acids is 1. The number of hydrogen-bond donors (Lipinski definition) is 2. The fourth-order valence-electron chi connectivity index (χ4n) is 4.66. The van der Waals surface area contributed by atoms with Gasteiger partial charge in [0.1, 0.15) is 17.0 Å². The minimum absolute atomic E-state index is 0.0327. The average Bonchev–Trinajstić information content (AvgIpc) is 3.17. The lowest BCUT2D eigenvalue weighted by Gasteiger charge is -2.27. The van der Waals surface area contributed by atoms with E-state index < -0.39 is 5.91 Å². The van der Waals surface area contributed by atoms with E-state index in [0.717, 1.165) is 18.5 Å². The number of anilines is 2. The van der Waals surface area contributed by atoms with Gasteiger partial charge in [-0.3, -0.25) is 9.59 Å². The molecule has 7 nitrogen and oxygen atoms in total. The molecule has 0 saturated carbocycles. The number of aromatic nitrogens is 2. The van der Waals surface area contributed by atoms with Crippen LogP contribution in [0.25, 0.3) is 11.0 Å². The summed E-state index contributed by atoms with van der Waals surface area (Å²) >= 11 is 0. The molecule has 1 aromatic carbocycles. The number of rotatable bonds is 7. The van der Waals surface area contributed by atoms with E-state index in [9.17, 15) is 9.59 Å². The SMILES string of the molecule is CCN(CC)c1c(C(N)=O)c(=O)c2cc(NC3Cc4ccccc4C3)cnc2n1CC. The van der Waals surface area contributed by atoms with Gasteiger partial charge in [0.15, 0.2) is 0 Å². The second kappa shape index (κ2) is 8.41. The predicted molar refractivity (Wildman–Crippen MR) is 125 cm³/mol. The van der Waals surface area contributed by atoms with Gasteiger partial charge in [-0.1, -0.05) is 24.3 Å². The summed E-state index contributed by atoms with van der Waals surface area (Å²) in [4.78, 5) is 32.3. The summed E-state index contributed by atoms with van der Waals surface area (Å²) in [7, 11) is 0. The van der Waals surface area contributed by atoms with E-state index in [1.54, 1.807) is 12.3 Å². The minimum atomic E-state index is -0.708. The lowest BCUT2D eigenvalue weighted by atomic mass is 10.1. The topological polar surface area (TPSA) is 93.2 Å². The lowest BCUT2D eigenvalue weighted by molar-refractivity contribution is 0.0999. The van der Waals surface area contributed by atoms with Crippen molar-refractivity contribution < 1.29 is 4.79 Å². The molecule has 1 aliphatic rings. The van der Waals surface area contributed by atoms with Crippen molar-refractivity contribution in [3.8, 4) is 0 Å². The molecule has 0 radical (unpaired) electrons. The van der Waals surface area contributed by atoms with Gasteiger partial charge in [-0.25, -0.2) is 4.98 Å². The maximum absolute atomic E-state index is 13.4. The van der Waals surface area contributed by atoms with Crippen molar-refractivity contribution in [3.63, 3.8) is 0 Å². The van der Waals surface area contributed by atoms with E-state index in [4.69, 9.17) is 5.73 Å². The summed E-state index contributed by atoms with van der Waals surface area (Å²) < 4.78 is 1.92. The van der Waals surface area contributed by atoms with Crippen molar-refractivity contribution in [1.29, 1.82) is 0 Å². The van der Waals surface area contributed by atoms with Crippen LogP contribution >= 0.6 is 0 Å². The summed E-state index contributed by atoms with van der Waals surface area (Å²) in [5.74, 6) is -0.155. The van der Waals surface area contributed by atoms with Gasteiger partial charge in [-0.05, 0) is 50.8 Å². The zero-order valence-corrected chi connectivity index (χ0v) is 18.3. The highest BCUT2D eigenvalue weighted by molar-refractivity contribution is 6.01. The number of carbonyl (C=O) groups is 1. The third kappa shape index (κ3) is 3.65. The van der Waals surface area contributed by atoms with Crippen LogP contribution in [0.1, 0.15) is 42.3 Å². The molecule has 0 spiro atoms. The van der Waals surface area contributed by atoms with E-state index in [2.05, 4.69) is 34.6 Å². The number of benzene rings is 1. The number of aryl methyl sites for hydroxylation is 1. The van der Waals surface area contributed by atoms with Gasteiger partial charge in [0.25, 0.3) is 5.91 Å². The first-order valence-electron chi connectivity index (χ1n) is 10.9. The molecule has 3 N–H and O–H groups in total. The smallest absolute Gasteiger partial charge is 0.256 e. The molecule has 0 unspecified atom stereocenters. The highest BCUT2D eigenvalue weighted by Gasteiger charge is 2.25. The molecule has 0 aliphatic heterocycles. The molecular formula is C24H29N5O2. The molecule has 0 bridgehead atoms. The van der Waals surface area contributed by atoms with Gasteiger partial charge in [0, 0.05) is 25.7 Å². The predicted octanol–water partition coefficient (Wildman–Crippen LogP) is 2.94. The molecule has 0 fully saturated rings. The van der Waals surface area contributed by atoms with Crippen LogP contribution in [-0.2, 0) is 19.4 Å². The van der Waals surface area contributed by atoms with Crippen molar-refractivity contribution in [3.05, 3.63) is 63.4 Å². The van der Waals surface area contributed by atoms with Crippen molar-refractivity contribution in [2.45, 2.75) is 46.2 Å². The first kappa shape index (κ1) is 20.9. The third-order valence-electron chi connectivity index (χ3n) is 6.12. The van der Waals surface area contributed by atoms with Crippen LogP contribution in [0.5, 0.6) is 0 Å². The van der Waals surface area contributed by atoms with Crippen LogP contribution in [0.4, 0.5) is 11.5 Å². The number of nitrogens with one attached hydrogen (secondary N) is 1. The van der Waals surface area contributed by atoms with Crippen LogP contribution < -0.4 is 21.4 Å². The van der Waals surface area contributed by atoms with Crippen molar-refractivity contribution in [2.75, 3.05) is 23.3 Å². The number of amides is 1. The van der Waals surface area contributed by atoms with E-state index in [-0.39, 0.29) is 17.0 Å². The van der Waals surface area contributed by atoms with Crippen LogP contribution in [0.2, 0.25) is 0 Å². The van der Waals surface area contributed by atoms with Gasteiger partial charge >= 0.3 is 0 Å². The van der Waals surface area contributed by atoms with Gasteiger partial charge in [0.05, 0.1) is 17.3 Å². The van der Waals surface area contributed by atoms with Crippen LogP contribution in [-0.4, -0.2) is 34.6 Å². The maximum Gasteiger partial charge on any atom is 0.256 e. The lowest BCUT2D eigenvalue weighted by Crippen LogP contribution is -2.34. The van der Waals surface area contributed by atoms with Crippen LogP contribution in [0.15, 0.2) is 41.3 Å². The fraction of sp³-hybridized carbons (Fsp3) is 0.375. The second-order valence-corrected chi connectivity index (χ2v) is 7.92. The number of fused-ring (bicyclic) bond motifs is 2. The van der Waals surface area contributed by atoms with Crippen molar-refractivity contribution >= 4 is 28.4 Å². The van der Waals surface area contributed by atoms with Gasteiger partial charge in [-0.2, -0.15) is 0 Å². The standard InChI is InChI=1S/C24H29N5O2/c1-4-28(5-2)24-20(22(25)31)21(30)19-13-18(14-26-23(19)29(24)6-3)27-17-11-15-9-7-8-10-16(15)12-17/h7-10,13-14,17,27H,4-6,11-12H2,1-3H3,(H2,25,31). The number of nitrogens with two attached hydrogens (primary N) is 1. The molecule has 0 atom stereocenters. The second-order valence-electron chi connectivity index (χ2n) is 7.92. The Labute approximate surface area is 181 Å². The van der Waals surface area contributed by atoms with Crippen molar-refractivity contribution in [2.24, 2.45) is 5.73 Å². The molecule has 31 heavy (non-hydrogen) atoms. The third-order valence-corrected chi connectivity index (χ3v) is 6.12. The molecule has 7 heteroatoms. The Hall–Kier alpha value is -3.35. The summed E-state index contributed by atoms with van der Waals surface area (Å²) in [6, 6.07) is 10.5. The zero-order valence-electron chi connectivity index (χ0n) is 18.3. The Balaban J connectivity index is 1.79. The first-order chi connectivity index (χ1) is 15.0. The highest BCUT2D eigenvalue weighted by atomic mass is 16.2. The number of nitrogens with zero attached hydrogens (tertiary/aromatic N) is 3. The maximum atomic E-state index is 13.4. The largest absolute Gasteiger partial charge is 0.380 e. The minimum Gasteiger partial charge on any atom is -0.380 e. The molecule has 0 saturated heterocycles. The van der Waals surface area contributed by atoms with Crippen LogP contribution in [0.3, 0.4) is 0 Å². The summed E-state index contributed by atoms with van der Waals surface area (Å²) in [6.45, 7) is 7.84. The Morgan fingerprint density at radius 2 is 1.84 bits per heavy atom. The van der Waals surface area contributed by atoms with Gasteiger partial charge < -0.3 is 20.5 Å². The molecule has 4 rings (SSSR count). The van der Waals surface area contributed by atoms with Gasteiger partial charge in [-0.15, -0.1) is 0 Å². The Morgan fingerprint density at radius 3 is 2.39 bits per heavy atom. The first-order valence-corrected chi connectivity index (χ1v) is 10.9. The van der Waals surface area contributed by atoms with Crippen LogP contribution in [0, 0.1) is 0 Å². The van der Waals surface area contributed by atoms with Crippen molar-refractivity contribution in [1.82, 2.24) is 9.55 Å². The molecule has 1 amide bonds. The fourth-order valence-corrected chi connectivity index (χ4v) is 4.66. The Morgan fingerprint density at radius 1 is 1.19 bits per heavy atom. The summed E-state index contributed by atoms with van der Waals surface area (Å²) in [5, 5.41) is 3.93. The number of pyridine rings is 2. The number of hydrogen-bond acceptors (Lipinski definition) is 5. The van der Waals surface area contributed by atoms with E-state index in [1.807, 2.05) is 30.2 Å². The number of primary amides is 1. The van der Waals surface area contributed by atoms with E-state index in [1.165, 1.54) is 11.1 Å². The highest BCUT2D eigenvalue weighted by Crippen LogP contribution is 2.27. The van der Waals surface area contributed by atoms with E-state index in [0.29, 0.717) is 36.5 Å². The van der Waals surface area contributed by atoms with Gasteiger partial charge in [0.2, 0.25) is 5.43 Å². The molecule has 2 aromatic heterocycles. The monoisotopic (exact) mass is 419 g/mol. The molecule has 1 aliphatic carbocycles. The Bertz CT molecular complexity index is 1170. The zero-order chi connectivity index (χ0) is 22.1. The van der Waals surface area contributed by atoms with E-state index >= 15 is 0 Å². The molecule has 3 aromatic rings. The molecular weight excluding hydrogens is 390 g/mol. The summed E-state index contributed by atoms with van der Waals surface area (Å²) in [5.41, 5.74) is 9.39. The Kier molecular flexibility index (Phi) is 5.67. The molecule has 162 valence electrons. The quantitative estimate of drug-likeness (QED) is 0.614. The summed E-state index contributed by atoms with van der Waals surface area (Å²) in [6.07, 6.45) is 3.63. The average molecular weight is 420 g/mol.